The molecule has 1 aromatic carbocycles. The molecule has 0 amide bonds. The number of methoxy groups -OCH3 is 1. The Hall–Kier alpha value is -3.06. The standard InChI is InChI=1S/C20H21N5O2/c1-4-12-5-6-14(17(26)7-12)18-15-10-21-22-11-16(15)19(25-24-18)23-13-8-20(2,9-13)27-3/h4-7,10-11,13,26H,1,8-9H2,2-3H3,(H,23,25). The van der Waals surface area contributed by atoms with Crippen molar-refractivity contribution in [3.8, 4) is 17.0 Å². The van der Waals surface area contributed by atoms with Crippen molar-refractivity contribution in [3.05, 3.63) is 42.7 Å². The third-order valence-corrected chi connectivity index (χ3v) is 5.19. The molecule has 138 valence electrons. The van der Waals surface area contributed by atoms with Crippen LogP contribution in [0, 0.1) is 0 Å². The summed E-state index contributed by atoms with van der Waals surface area (Å²) in [5.41, 5.74) is 1.90. The van der Waals surface area contributed by atoms with E-state index in [0.29, 0.717) is 17.1 Å². The highest BCUT2D eigenvalue weighted by molar-refractivity contribution is 6.00. The topological polar surface area (TPSA) is 93.1 Å². The first-order valence-electron chi connectivity index (χ1n) is 8.77. The van der Waals surface area contributed by atoms with E-state index >= 15 is 0 Å². The van der Waals surface area contributed by atoms with Gasteiger partial charge in [-0.2, -0.15) is 10.2 Å². The summed E-state index contributed by atoms with van der Waals surface area (Å²) in [7, 11) is 1.74. The molecular formula is C20H21N5O2. The lowest BCUT2D eigenvalue weighted by atomic mass is 9.77. The third kappa shape index (κ3) is 3.10. The van der Waals surface area contributed by atoms with E-state index in [0.717, 1.165) is 29.2 Å². The van der Waals surface area contributed by atoms with E-state index in [1.807, 2.05) is 6.07 Å². The molecule has 2 aromatic heterocycles. The average molecular weight is 363 g/mol. The molecular weight excluding hydrogens is 342 g/mol. The van der Waals surface area contributed by atoms with E-state index in [2.05, 4.69) is 39.2 Å². The molecule has 27 heavy (non-hydrogen) atoms. The number of anilines is 1. The van der Waals surface area contributed by atoms with Crippen molar-refractivity contribution in [1.82, 2.24) is 20.4 Å². The molecule has 1 aliphatic carbocycles. The SMILES string of the molecule is C=Cc1ccc(-c2nnc(NC3CC(C)(OC)C3)c3cnncc23)c(O)c1. The minimum absolute atomic E-state index is 0.0840. The van der Waals surface area contributed by atoms with Crippen LogP contribution in [0.4, 0.5) is 5.82 Å². The maximum absolute atomic E-state index is 10.4. The van der Waals surface area contributed by atoms with E-state index in [-0.39, 0.29) is 17.4 Å². The Bertz CT molecular complexity index is 1010. The number of aromatic hydroxyl groups is 1. The first-order chi connectivity index (χ1) is 13.0. The van der Waals surface area contributed by atoms with Gasteiger partial charge in [-0.1, -0.05) is 18.7 Å². The van der Waals surface area contributed by atoms with Crippen molar-refractivity contribution >= 4 is 22.7 Å². The molecule has 0 aliphatic heterocycles. The molecule has 1 saturated carbocycles. The third-order valence-electron chi connectivity index (χ3n) is 5.19. The first kappa shape index (κ1) is 17.4. The quantitative estimate of drug-likeness (QED) is 0.717. The number of phenolic OH excluding ortho intramolecular Hbond substituents is 1. The summed E-state index contributed by atoms with van der Waals surface area (Å²) in [4.78, 5) is 0. The van der Waals surface area contributed by atoms with Gasteiger partial charge in [-0.15, -0.1) is 10.2 Å². The zero-order valence-corrected chi connectivity index (χ0v) is 15.3. The molecule has 0 bridgehead atoms. The molecule has 0 atom stereocenters. The summed E-state index contributed by atoms with van der Waals surface area (Å²) in [5, 5.41) is 32.1. The van der Waals surface area contributed by atoms with Crippen LogP contribution in [0.2, 0.25) is 0 Å². The van der Waals surface area contributed by atoms with Crippen LogP contribution in [0.1, 0.15) is 25.3 Å². The molecule has 0 radical (unpaired) electrons. The van der Waals surface area contributed by atoms with Crippen molar-refractivity contribution in [3.63, 3.8) is 0 Å². The van der Waals surface area contributed by atoms with Gasteiger partial charge >= 0.3 is 0 Å². The van der Waals surface area contributed by atoms with Crippen LogP contribution in [0.5, 0.6) is 5.75 Å². The molecule has 2 N–H and O–H groups in total. The summed E-state index contributed by atoms with van der Waals surface area (Å²) in [6, 6.07) is 5.60. The van der Waals surface area contributed by atoms with Gasteiger partial charge in [0.2, 0.25) is 0 Å². The number of rotatable bonds is 5. The highest BCUT2D eigenvalue weighted by atomic mass is 16.5. The molecule has 3 aromatic rings. The highest BCUT2D eigenvalue weighted by Gasteiger charge is 2.40. The summed E-state index contributed by atoms with van der Waals surface area (Å²) in [6.07, 6.45) is 6.79. The summed E-state index contributed by atoms with van der Waals surface area (Å²) in [6.45, 7) is 5.82. The molecule has 1 fully saturated rings. The molecule has 4 rings (SSSR count). The van der Waals surface area contributed by atoms with E-state index < -0.39 is 0 Å². The predicted molar refractivity (Wildman–Crippen MR) is 104 cm³/mol. The maximum atomic E-state index is 10.4. The van der Waals surface area contributed by atoms with Gasteiger partial charge in [0, 0.05) is 24.1 Å². The summed E-state index contributed by atoms with van der Waals surface area (Å²) >= 11 is 0. The Balaban J connectivity index is 1.72. The van der Waals surface area contributed by atoms with Crippen molar-refractivity contribution in [2.45, 2.75) is 31.4 Å². The lowest BCUT2D eigenvalue weighted by Crippen LogP contribution is -2.49. The number of hydrogen-bond donors (Lipinski definition) is 2. The molecule has 0 unspecified atom stereocenters. The maximum Gasteiger partial charge on any atom is 0.158 e. The number of benzene rings is 1. The van der Waals surface area contributed by atoms with Crippen LogP contribution in [0.15, 0.2) is 37.2 Å². The first-order valence-corrected chi connectivity index (χ1v) is 8.77. The Morgan fingerprint density at radius 2 is 1.96 bits per heavy atom. The van der Waals surface area contributed by atoms with Crippen molar-refractivity contribution in [2.24, 2.45) is 0 Å². The van der Waals surface area contributed by atoms with E-state index in [1.54, 1.807) is 37.7 Å². The van der Waals surface area contributed by atoms with Gasteiger partial charge in [0.05, 0.1) is 23.4 Å². The molecule has 7 heteroatoms. The highest BCUT2D eigenvalue weighted by Crippen LogP contribution is 2.39. The van der Waals surface area contributed by atoms with Crippen molar-refractivity contribution in [2.75, 3.05) is 12.4 Å². The van der Waals surface area contributed by atoms with Crippen LogP contribution < -0.4 is 5.32 Å². The van der Waals surface area contributed by atoms with Crippen LogP contribution in [-0.4, -0.2) is 44.3 Å². The smallest absolute Gasteiger partial charge is 0.158 e. The van der Waals surface area contributed by atoms with Crippen molar-refractivity contribution < 1.29 is 9.84 Å². The Kier molecular flexibility index (Phi) is 4.24. The summed E-state index contributed by atoms with van der Waals surface area (Å²) < 4.78 is 5.50. The van der Waals surface area contributed by atoms with Gasteiger partial charge in [0.15, 0.2) is 5.82 Å². The lowest BCUT2D eigenvalue weighted by molar-refractivity contribution is -0.0625. The number of aromatic nitrogens is 4. The lowest BCUT2D eigenvalue weighted by Gasteiger charge is -2.44. The van der Waals surface area contributed by atoms with E-state index in [1.165, 1.54) is 0 Å². The van der Waals surface area contributed by atoms with Gasteiger partial charge in [-0.3, -0.25) is 0 Å². The Morgan fingerprint density at radius 3 is 2.63 bits per heavy atom. The van der Waals surface area contributed by atoms with Crippen LogP contribution in [0.3, 0.4) is 0 Å². The number of fused-ring (bicyclic) bond motifs is 1. The van der Waals surface area contributed by atoms with E-state index in [9.17, 15) is 5.11 Å². The molecule has 7 nitrogen and oxygen atoms in total. The minimum Gasteiger partial charge on any atom is -0.507 e. The molecule has 2 heterocycles. The zero-order valence-electron chi connectivity index (χ0n) is 15.3. The number of phenols is 1. The summed E-state index contributed by atoms with van der Waals surface area (Å²) in [5.74, 6) is 0.782. The second-order valence-corrected chi connectivity index (χ2v) is 7.10. The minimum atomic E-state index is -0.0840. The molecule has 0 saturated heterocycles. The molecule has 0 spiro atoms. The van der Waals surface area contributed by atoms with Gasteiger partial charge < -0.3 is 15.2 Å². The van der Waals surface area contributed by atoms with Gasteiger partial charge in [-0.25, -0.2) is 0 Å². The Morgan fingerprint density at radius 1 is 1.22 bits per heavy atom. The van der Waals surface area contributed by atoms with Gasteiger partial charge in [-0.05, 0) is 37.5 Å². The van der Waals surface area contributed by atoms with Crippen LogP contribution in [-0.2, 0) is 4.74 Å². The second kappa shape index (κ2) is 6.59. The zero-order chi connectivity index (χ0) is 19.0. The average Bonchev–Trinajstić information content (AvgIpc) is 2.67. The van der Waals surface area contributed by atoms with Crippen LogP contribution >= 0.6 is 0 Å². The largest absolute Gasteiger partial charge is 0.507 e. The monoisotopic (exact) mass is 363 g/mol. The molecule has 1 aliphatic rings. The fourth-order valence-electron chi connectivity index (χ4n) is 3.53. The fourth-order valence-corrected chi connectivity index (χ4v) is 3.53. The van der Waals surface area contributed by atoms with E-state index in [4.69, 9.17) is 4.74 Å². The number of ether oxygens (including phenoxy) is 1. The fraction of sp³-hybridized carbons (Fsp3) is 0.300. The van der Waals surface area contributed by atoms with Crippen molar-refractivity contribution in [1.29, 1.82) is 0 Å². The second-order valence-electron chi connectivity index (χ2n) is 7.10. The Labute approximate surface area is 157 Å². The number of nitrogens with one attached hydrogen (secondary N) is 1. The predicted octanol–water partition coefficient (Wildman–Crippen LogP) is 3.41. The van der Waals surface area contributed by atoms with Gasteiger partial charge in [0.25, 0.3) is 0 Å². The van der Waals surface area contributed by atoms with Crippen LogP contribution in [0.25, 0.3) is 28.1 Å². The number of hydrogen-bond acceptors (Lipinski definition) is 7. The number of nitrogens with zero attached hydrogens (tertiary/aromatic N) is 4. The van der Waals surface area contributed by atoms with Gasteiger partial charge in [0.1, 0.15) is 11.4 Å². The normalized spacial score (nSPS) is 21.6.